The van der Waals surface area contributed by atoms with Crippen LogP contribution in [-0.4, -0.2) is 16.6 Å². The summed E-state index contributed by atoms with van der Waals surface area (Å²) >= 11 is 1.54. The van der Waals surface area contributed by atoms with E-state index in [2.05, 4.69) is 48.4 Å². The Labute approximate surface area is 141 Å². The molecule has 0 atom stereocenters. The van der Waals surface area contributed by atoms with E-state index in [-0.39, 0.29) is 17.7 Å². The standard InChI is InChI=1S/C18H23N3OS/c1-12(14-6-8-15(9-7-14)18(3,4)5)20-21-17(22)10-16-11-23-13(2)19-16/h6-9,11H,10H2,1-5H3,(H,21,22)/b20-12-. The first-order valence-electron chi connectivity index (χ1n) is 7.61. The van der Waals surface area contributed by atoms with Gasteiger partial charge in [-0.2, -0.15) is 5.10 Å². The van der Waals surface area contributed by atoms with Gasteiger partial charge in [0.15, 0.2) is 0 Å². The third-order valence-corrected chi connectivity index (χ3v) is 4.35. The fraction of sp³-hybridized carbons (Fsp3) is 0.389. The zero-order chi connectivity index (χ0) is 17.0. The van der Waals surface area contributed by atoms with Crippen molar-refractivity contribution in [3.05, 3.63) is 51.5 Å². The summed E-state index contributed by atoms with van der Waals surface area (Å²) in [6.07, 6.45) is 0.254. The maximum absolute atomic E-state index is 11.9. The Hall–Kier alpha value is -2.01. The van der Waals surface area contributed by atoms with Crippen LogP contribution in [0.3, 0.4) is 0 Å². The van der Waals surface area contributed by atoms with Crippen molar-refractivity contribution in [2.24, 2.45) is 5.10 Å². The van der Waals surface area contributed by atoms with E-state index in [0.29, 0.717) is 0 Å². The van der Waals surface area contributed by atoms with Gasteiger partial charge in [0.25, 0.3) is 0 Å². The molecule has 2 aromatic rings. The summed E-state index contributed by atoms with van der Waals surface area (Å²) < 4.78 is 0. The summed E-state index contributed by atoms with van der Waals surface area (Å²) in [4.78, 5) is 16.2. The number of carbonyl (C=O) groups is 1. The molecule has 0 saturated heterocycles. The van der Waals surface area contributed by atoms with Crippen LogP contribution in [0, 0.1) is 6.92 Å². The molecule has 0 aliphatic rings. The van der Waals surface area contributed by atoms with Gasteiger partial charge in [0.05, 0.1) is 22.8 Å². The van der Waals surface area contributed by atoms with Gasteiger partial charge in [-0.3, -0.25) is 4.79 Å². The topological polar surface area (TPSA) is 54.4 Å². The molecule has 0 aliphatic carbocycles. The number of hydrogen-bond donors (Lipinski definition) is 1. The van der Waals surface area contributed by atoms with E-state index < -0.39 is 0 Å². The number of hydrazone groups is 1. The molecule has 122 valence electrons. The second-order valence-corrected chi connectivity index (χ2v) is 7.66. The second-order valence-electron chi connectivity index (χ2n) is 6.59. The van der Waals surface area contributed by atoms with Crippen molar-refractivity contribution in [1.29, 1.82) is 0 Å². The number of aryl methyl sites for hydroxylation is 1. The fourth-order valence-corrected chi connectivity index (χ4v) is 2.73. The lowest BCUT2D eigenvalue weighted by Gasteiger charge is -2.19. The van der Waals surface area contributed by atoms with Crippen LogP contribution in [0.4, 0.5) is 0 Å². The van der Waals surface area contributed by atoms with Crippen LogP contribution in [0.25, 0.3) is 0 Å². The van der Waals surface area contributed by atoms with Gasteiger partial charge in [0, 0.05) is 5.38 Å². The number of amides is 1. The first kappa shape index (κ1) is 17.3. The van der Waals surface area contributed by atoms with Crippen LogP contribution in [-0.2, 0) is 16.6 Å². The number of aromatic nitrogens is 1. The maximum Gasteiger partial charge on any atom is 0.246 e. The van der Waals surface area contributed by atoms with Gasteiger partial charge < -0.3 is 0 Å². The highest BCUT2D eigenvalue weighted by Crippen LogP contribution is 2.22. The average Bonchev–Trinajstić information content (AvgIpc) is 2.89. The monoisotopic (exact) mass is 329 g/mol. The van der Waals surface area contributed by atoms with Crippen LogP contribution in [0.15, 0.2) is 34.7 Å². The number of benzene rings is 1. The Bertz CT molecular complexity index is 709. The van der Waals surface area contributed by atoms with Gasteiger partial charge in [-0.05, 0) is 30.4 Å². The summed E-state index contributed by atoms with van der Waals surface area (Å²) in [6, 6.07) is 8.28. The first-order chi connectivity index (χ1) is 10.8. The number of rotatable bonds is 4. The molecule has 1 aromatic heterocycles. The zero-order valence-corrected chi connectivity index (χ0v) is 15.1. The molecule has 0 fully saturated rings. The van der Waals surface area contributed by atoms with E-state index in [9.17, 15) is 4.79 Å². The van der Waals surface area contributed by atoms with Crippen molar-refractivity contribution in [2.75, 3.05) is 0 Å². The minimum Gasteiger partial charge on any atom is -0.273 e. The summed E-state index contributed by atoms with van der Waals surface area (Å²) in [5.74, 6) is -0.152. The molecule has 0 radical (unpaired) electrons. The highest BCUT2D eigenvalue weighted by Gasteiger charge is 2.13. The summed E-state index contributed by atoms with van der Waals surface area (Å²) in [6.45, 7) is 10.4. The molecule has 2 rings (SSSR count). The Morgan fingerprint density at radius 2 is 1.91 bits per heavy atom. The van der Waals surface area contributed by atoms with Crippen molar-refractivity contribution >= 4 is 23.0 Å². The van der Waals surface area contributed by atoms with Crippen LogP contribution >= 0.6 is 11.3 Å². The molecule has 1 N–H and O–H groups in total. The molecule has 0 unspecified atom stereocenters. The minimum absolute atomic E-state index is 0.128. The molecular formula is C18H23N3OS. The Morgan fingerprint density at radius 3 is 2.43 bits per heavy atom. The maximum atomic E-state index is 11.9. The molecular weight excluding hydrogens is 306 g/mol. The van der Waals surface area contributed by atoms with Crippen LogP contribution in [0.2, 0.25) is 0 Å². The molecule has 0 spiro atoms. The van der Waals surface area contributed by atoms with E-state index in [1.165, 1.54) is 5.56 Å². The van der Waals surface area contributed by atoms with Gasteiger partial charge in [0.2, 0.25) is 5.91 Å². The zero-order valence-electron chi connectivity index (χ0n) is 14.3. The number of nitrogens with zero attached hydrogens (tertiary/aromatic N) is 2. The van der Waals surface area contributed by atoms with Gasteiger partial charge in [0.1, 0.15) is 0 Å². The summed E-state index contributed by atoms with van der Waals surface area (Å²) in [5, 5.41) is 7.05. The van der Waals surface area contributed by atoms with Gasteiger partial charge >= 0.3 is 0 Å². The van der Waals surface area contributed by atoms with Crippen LogP contribution in [0.1, 0.15) is 49.5 Å². The average molecular weight is 329 g/mol. The van der Waals surface area contributed by atoms with E-state index in [1.807, 2.05) is 31.4 Å². The molecule has 0 aliphatic heterocycles. The predicted octanol–water partition coefficient (Wildman–Crippen LogP) is 3.83. The van der Waals surface area contributed by atoms with E-state index in [1.54, 1.807) is 11.3 Å². The lowest BCUT2D eigenvalue weighted by molar-refractivity contribution is -0.120. The van der Waals surface area contributed by atoms with E-state index in [4.69, 9.17) is 0 Å². The largest absolute Gasteiger partial charge is 0.273 e. The van der Waals surface area contributed by atoms with Crippen LogP contribution in [0.5, 0.6) is 0 Å². The first-order valence-corrected chi connectivity index (χ1v) is 8.49. The molecule has 5 heteroatoms. The minimum atomic E-state index is -0.152. The lowest BCUT2D eigenvalue weighted by Crippen LogP contribution is -2.21. The number of nitrogens with one attached hydrogen (secondary N) is 1. The quantitative estimate of drug-likeness (QED) is 0.684. The lowest BCUT2D eigenvalue weighted by atomic mass is 9.86. The van der Waals surface area contributed by atoms with Gasteiger partial charge in [-0.25, -0.2) is 10.4 Å². The normalized spacial score (nSPS) is 12.3. The number of hydrogen-bond acceptors (Lipinski definition) is 4. The highest BCUT2D eigenvalue weighted by molar-refractivity contribution is 7.09. The predicted molar refractivity (Wildman–Crippen MR) is 96.1 cm³/mol. The van der Waals surface area contributed by atoms with Crippen molar-refractivity contribution < 1.29 is 4.79 Å². The van der Waals surface area contributed by atoms with Crippen molar-refractivity contribution in [3.8, 4) is 0 Å². The Morgan fingerprint density at radius 1 is 1.26 bits per heavy atom. The molecule has 0 bridgehead atoms. The number of thiazole rings is 1. The van der Waals surface area contributed by atoms with E-state index in [0.717, 1.165) is 22.0 Å². The Kier molecular flexibility index (Phi) is 5.31. The number of carbonyl (C=O) groups excluding carboxylic acids is 1. The molecule has 0 saturated carbocycles. The third kappa shape index (κ3) is 4.99. The second kappa shape index (κ2) is 7.04. The van der Waals surface area contributed by atoms with Crippen molar-refractivity contribution in [3.63, 3.8) is 0 Å². The van der Waals surface area contributed by atoms with Gasteiger partial charge in [-0.15, -0.1) is 11.3 Å². The third-order valence-electron chi connectivity index (χ3n) is 3.53. The highest BCUT2D eigenvalue weighted by atomic mass is 32.1. The molecule has 1 heterocycles. The van der Waals surface area contributed by atoms with E-state index >= 15 is 0 Å². The summed E-state index contributed by atoms with van der Waals surface area (Å²) in [7, 11) is 0. The SMILES string of the molecule is C/C(=N/NC(=O)Cc1csc(C)n1)c1ccc(C(C)(C)C)cc1. The van der Waals surface area contributed by atoms with Crippen LogP contribution < -0.4 is 5.43 Å². The molecule has 1 amide bonds. The smallest absolute Gasteiger partial charge is 0.246 e. The Balaban J connectivity index is 1.98. The molecule has 1 aromatic carbocycles. The fourth-order valence-electron chi connectivity index (χ4n) is 2.12. The van der Waals surface area contributed by atoms with Gasteiger partial charge in [-0.1, -0.05) is 45.0 Å². The van der Waals surface area contributed by atoms with Crippen molar-refractivity contribution in [2.45, 2.75) is 46.5 Å². The molecule has 4 nitrogen and oxygen atoms in total. The molecule has 23 heavy (non-hydrogen) atoms. The summed E-state index contributed by atoms with van der Waals surface area (Å²) in [5.41, 5.74) is 6.57. The van der Waals surface area contributed by atoms with Crippen molar-refractivity contribution in [1.82, 2.24) is 10.4 Å².